The summed E-state index contributed by atoms with van der Waals surface area (Å²) in [5.41, 5.74) is 7.46. The number of hydrazine groups is 1. The average molecular weight is 397 g/mol. The van der Waals surface area contributed by atoms with Crippen LogP contribution in [0, 0.1) is 11.3 Å². The summed E-state index contributed by atoms with van der Waals surface area (Å²) in [6.07, 6.45) is 2.16. The molecule has 3 aromatic rings. The summed E-state index contributed by atoms with van der Waals surface area (Å²) in [5.74, 6) is 1.23. The van der Waals surface area contributed by atoms with E-state index in [4.69, 9.17) is 9.47 Å². The molecule has 0 saturated carbocycles. The maximum Gasteiger partial charge on any atom is 0.161 e. The zero-order valence-corrected chi connectivity index (χ0v) is 16.9. The van der Waals surface area contributed by atoms with E-state index in [2.05, 4.69) is 41.8 Å². The Kier molecular flexibility index (Phi) is 5.69. The molecule has 3 aromatic carbocycles. The normalized spacial score (nSPS) is 16.8. The average Bonchev–Trinajstić information content (AvgIpc) is 3.25. The van der Waals surface area contributed by atoms with Gasteiger partial charge in [-0.25, -0.2) is 0 Å². The largest absolute Gasteiger partial charge is 0.493 e. The first-order valence-corrected chi connectivity index (χ1v) is 9.74. The molecule has 0 aliphatic carbocycles. The maximum atomic E-state index is 10.1. The van der Waals surface area contributed by atoms with Crippen LogP contribution in [0.15, 0.2) is 84.9 Å². The van der Waals surface area contributed by atoms with Crippen molar-refractivity contribution in [3.63, 3.8) is 0 Å². The number of benzene rings is 3. The lowest BCUT2D eigenvalue weighted by molar-refractivity contribution is 0.169. The second-order valence-electron chi connectivity index (χ2n) is 6.97. The number of rotatable bonds is 6. The zero-order chi connectivity index (χ0) is 20.9. The van der Waals surface area contributed by atoms with Crippen molar-refractivity contribution in [1.29, 1.82) is 5.26 Å². The third-order valence-corrected chi connectivity index (χ3v) is 5.22. The maximum absolute atomic E-state index is 10.1. The highest BCUT2D eigenvalue weighted by Crippen LogP contribution is 2.39. The Labute approximate surface area is 176 Å². The first kappa shape index (κ1) is 19.6. The van der Waals surface area contributed by atoms with Gasteiger partial charge in [0.2, 0.25) is 0 Å². The summed E-state index contributed by atoms with van der Waals surface area (Å²) in [5, 5.41) is 12.1. The molecule has 1 aliphatic heterocycles. The fourth-order valence-corrected chi connectivity index (χ4v) is 3.71. The predicted molar refractivity (Wildman–Crippen MR) is 116 cm³/mol. The molecule has 5 heteroatoms. The molecule has 1 aliphatic rings. The molecule has 0 fully saturated rings. The van der Waals surface area contributed by atoms with Crippen LogP contribution in [0.4, 0.5) is 0 Å². The Hall–Kier alpha value is -3.75. The second kappa shape index (κ2) is 8.73. The van der Waals surface area contributed by atoms with Crippen molar-refractivity contribution in [3.05, 3.63) is 102 Å². The van der Waals surface area contributed by atoms with Gasteiger partial charge in [-0.2, -0.15) is 10.3 Å². The zero-order valence-electron chi connectivity index (χ0n) is 16.9. The van der Waals surface area contributed by atoms with E-state index in [1.807, 2.05) is 59.6 Å². The molecule has 0 aromatic heterocycles. The predicted octanol–water partition coefficient (Wildman–Crippen LogP) is 4.87. The molecule has 4 rings (SSSR count). The number of nitrogens with zero attached hydrogens (tertiary/aromatic N) is 2. The van der Waals surface area contributed by atoms with Crippen LogP contribution >= 0.6 is 0 Å². The summed E-state index contributed by atoms with van der Waals surface area (Å²) >= 11 is 0. The standard InChI is InChI=1S/C25H23N3O2/c1-29-24-14-13-20(15-25(24)30-2)23(17-26)28-22(19-11-7-4-8-12-19)16-21(27-28)18-9-5-3-6-10-18/h3-16,22-23,27H,1-2H3/t22-,23-/m1/s1. The Morgan fingerprint density at radius 3 is 2.20 bits per heavy atom. The summed E-state index contributed by atoms with van der Waals surface area (Å²) in [6.45, 7) is 0. The van der Waals surface area contributed by atoms with Crippen LogP contribution in [-0.4, -0.2) is 19.2 Å². The highest BCUT2D eigenvalue weighted by molar-refractivity contribution is 5.66. The monoisotopic (exact) mass is 397 g/mol. The van der Waals surface area contributed by atoms with E-state index in [1.54, 1.807) is 14.2 Å². The van der Waals surface area contributed by atoms with Crippen molar-refractivity contribution in [2.45, 2.75) is 12.1 Å². The minimum Gasteiger partial charge on any atom is -0.493 e. The molecule has 150 valence electrons. The first-order valence-electron chi connectivity index (χ1n) is 9.74. The van der Waals surface area contributed by atoms with Crippen molar-refractivity contribution in [1.82, 2.24) is 10.4 Å². The minimum atomic E-state index is -0.535. The van der Waals surface area contributed by atoms with E-state index >= 15 is 0 Å². The lowest BCUT2D eigenvalue weighted by atomic mass is 10.0. The highest BCUT2D eigenvalue weighted by atomic mass is 16.5. The molecule has 30 heavy (non-hydrogen) atoms. The molecule has 1 N–H and O–H groups in total. The topological polar surface area (TPSA) is 57.5 Å². The van der Waals surface area contributed by atoms with Crippen molar-refractivity contribution in [3.8, 4) is 17.6 Å². The van der Waals surface area contributed by atoms with Gasteiger partial charge in [-0.3, -0.25) is 0 Å². The fourth-order valence-electron chi connectivity index (χ4n) is 3.71. The van der Waals surface area contributed by atoms with Crippen LogP contribution in [0.5, 0.6) is 11.5 Å². The Morgan fingerprint density at radius 1 is 0.900 bits per heavy atom. The van der Waals surface area contributed by atoms with E-state index < -0.39 is 6.04 Å². The Bertz CT molecular complexity index is 1070. The van der Waals surface area contributed by atoms with Crippen LogP contribution < -0.4 is 14.9 Å². The van der Waals surface area contributed by atoms with Gasteiger partial charge >= 0.3 is 0 Å². The molecule has 0 radical (unpaired) electrons. The second-order valence-corrected chi connectivity index (χ2v) is 6.97. The van der Waals surface area contributed by atoms with Crippen molar-refractivity contribution in [2.75, 3.05) is 14.2 Å². The van der Waals surface area contributed by atoms with Gasteiger partial charge in [-0.05, 0) is 34.9 Å². The summed E-state index contributed by atoms with van der Waals surface area (Å²) in [4.78, 5) is 0. The van der Waals surface area contributed by atoms with Gasteiger partial charge < -0.3 is 14.9 Å². The number of nitriles is 1. The van der Waals surface area contributed by atoms with Crippen LogP contribution in [0.3, 0.4) is 0 Å². The van der Waals surface area contributed by atoms with Crippen molar-refractivity contribution >= 4 is 5.70 Å². The third kappa shape index (κ3) is 3.73. The molecule has 0 unspecified atom stereocenters. The molecule has 5 nitrogen and oxygen atoms in total. The van der Waals surface area contributed by atoms with Gasteiger partial charge in [0.15, 0.2) is 11.5 Å². The molecular formula is C25H23N3O2. The molecular weight excluding hydrogens is 374 g/mol. The number of hydrogen-bond acceptors (Lipinski definition) is 5. The fraction of sp³-hybridized carbons (Fsp3) is 0.160. The number of ether oxygens (including phenoxy) is 2. The molecule has 2 atom stereocenters. The lowest BCUT2D eigenvalue weighted by Crippen LogP contribution is -2.37. The third-order valence-electron chi connectivity index (χ3n) is 5.22. The minimum absolute atomic E-state index is 0.0980. The van der Waals surface area contributed by atoms with Crippen molar-refractivity contribution < 1.29 is 9.47 Å². The molecule has 1 heterocycles. The van der Waals surface area contributed by atoms with Crippen LogP contribution in [0.1, 0.15) is 28.8 Å². The van der Waals surface area contributed by atoms with Gasteiger partial charge in [0.25, 0.3) is 0 Å². The molecule has 0 spiro atoms. The first-order chi connectivity index (χ1) is 14.7. The van der Waals surface area contributed by atoms with E-state index in [0.29, 0.717) is 11.5 Å². The molecule has 0 bridgehead atoms. The van der Waals surface area contributed by atoms with Gasteiger partial charge in [-0.15, -0.1) is 0 Å². The summed E-state index contributed by atoms with van der Waals surface area (Å²) in [7, 11) is 3.20. The molecule has 0 amide bonds. The SMILES string of the molecule is COc1ccc([C@@H](C#N)N2NC(c3ccccc3)=C[C@@H]2c2ccccc2)cc1OC. The quantitative estimate of drug-likeness (QED) is 0.643. The number of methoxy groups -OCH3 is 2. The van der Waals surface area contributed by atoms with E-state index in [1.165, 1.54) is 0 Å². The smallest absolute Gasteiger partial charge is 0.161 e. The molecule has 0 saturated heterocycles. The van der Waals surface area contributed by atoms with Gasteiger partial charge in [0, 0.05) is 0 Å². The van der Waals surface area contributed by atoms with Gasteiger partial charge in [0.1, 0.15) is 6.04 Å². The van der Waals surface area contributed by atoms with Crippen LogP contribution in [0.25, 0.3) is 5.70 Å². The van der Waals surface area contributed by atoms with Crippen molar-refractivity contribution in [2.24, 2.45) is 0 Å². The Balaban J connectivity index is 1.74. The van der Waals surface area contributed by atoms with E-state index in [9.17, 15) is 5.26 Å². The van der Waals surface area contributed by atoms with Crippen LogP contribution in [0.2, 0.25) is 0 Å². The van der Waals surface area contributed by atoms with Gasteiger partial charge in [-0.1, -0.05) is 66.7 Å². The number of nitrogens with one attached hydrogen (secondary N) is 1. The number of hydrogen-bond donors (Lipinski definition) is 1. The van der Waals surface area contributed by atoms with E-state index in [-0.39, 0.29) is 6.04 Å². The van der Waals surface area contributed by atoms with Crippen LogP contribution in [-0.2, 0) is 0 Å². The summed E-state index contributed by atoms with van der Waals surface area (Å²) < 4.78 is 10.8. The summed E-state index contributed by atoms with van der Waals surface area (Å²) in [6, 6.07) is 27.7. The Morgan fingerprint density at radius 2 is 1.57 bits per heavy atom. The highest BCUT2D eigenvalue weighted by Gasteiger charge is 2.33. The van der Waals surface area contributed by atoms with Gasteiger partial charge in [0.05, 0.1) is 32.0 Å². The lowest BCUT2D eigenvalue weighted by Gasteiger charge is -2.30. The van der Waals surface area contributed by atoms with E-state index in [0.717, 1.165) is 22.4 Å².